The Labute approximate surface area is 153 Å². The first-order valence-corrected chi connectivity index (χ1v) is 7.78. The number of nitrogens with two attached hydrogens (primary N) is 1. The predicted octanol–water partition coefficient (Wildman–Crippen LogP) is 2.59. The highest BCUT2D eigenvalue weighted by Gasteiger charge is 2.19. The van der Waals surface area contributed by atoms with Gasteiger partial charge in [0, 0.05) is 5.56 Å². The number of anilines is 1. The third kappa shape index (κ3) is 3.39. The number of ether oxygens (including phenoxy) is 1. The minimum Gasteiger partial charge on any atom is -0.423 e. The highest BCUT2D eigenvalue weighted by Crippen LogP contribution is 2.30. The standard InChI is InChI=1S/C20H12N4O3/c21-10-15-17(16(11-22)19(25)24-18(15)23)13-7-4-8-14(9-13)27-20(26)12-5-2-1-3-6-12/h1-9H,(H3,23,24,25). The molecule has 27 heavy (non-hydrogen) atoms. The molecule has 0 saturated heterocycles. The van der Waals surface area contributed by atoms with E-state index < -0.39 is 11.5 Å². The first-order chi connectivity index (χ1) is 13.0. The molecule has 7 nitrogen and oxygen atoms in total. The van der Waals surface area contributed by atoms with Gasteiger partial charge in [0.2, 0.25) is 0 Å². The normalized spacial score (nSPS) is 9.85. The number of hydrogen-bond acceptors (Lipinski definition) is 6. The number of nitrogens with one attached hydrogen (secondary N) is 1. The maximum absolute atomic E-state index is 12.2. The topological polar surface area (TPSA) is 133 Å². The summed E-state index contributed by atoms with van der Waals surface area (Å²) in [5, 5.41) is 18.7. The molecule has 0 atom stereocenters. The van der Waals surface area contributed by atoms with Crippen molar-refractivity contribution in [1.29, 1.82) is 10.5 Å². The van der Waals surface area contributed by atoms with E-state index in [0.29, 0.717) is 11.1 Å². The van der Waals surface area contributed by atoms with Crippen LogP contribution in [-0.4, -0.2) is 11.0 Å². The van der Waals surface area contributed by atoms with E-state index in [0.717, 1.165) is 0 Å². The van der Waals surface area contributed by atoms with Crippen LogP contribution < -0.4 is 16.0 Å². The molecule has 3 N–H and O–H groups in total. The number of aromatic nitrogens is 1. The van der Waals surface area contributed by atoms with Crippen molar-refractivity contribution in [2.75, 3.05) is 5.73 Å². The fourth-order valence-electron chi connectivity index (χ4n) is 2.59. The Hall–Kier alpha value is -4.36. The zero-order valence-corrected chi connectivity index (χ0v) is 13.9. The molecule has 3 rings (SSSR count). The number of nitrogens with zero attached hydrogens (tertiary/aromatic N) is 2. The molecule has 0 aliphatic rings. The largest absolute Gasteiger partial charge is 0.423 e. The van der Waals surface area contributed by atoms with Crippen LogP contribution in [0.5, 0.6) is 5.75 Å². The summed E-state index contributed by atoms with van der Waals surface area (Å²) in [4.78, 5) is 26.5. The van der Waals surface area contributed by atoms with Crippen molar-refractivity contribution in [3.8, 4) is 29.0 Å². The van der Waals surface area contributed by atoms with E-state index in [4.69, 9.17) is 10.5 Å². The smallest absolute Gasteiger partial charge is 0.343 e. The summed E-state index contributed by atoms with van der Waals surface area (Å²) in [5.41, 5.74) is 5.57. The van der Waals surface area contributed by atoms with Crippen molar-refractivity contribution < 1.29 is 9.53 Å². The fraction of sp³-hybridized carbons (Fsp3) is 0. The Morgan fingerprint density at radius 1 is 1.00 bits per heavy atom. The summed E-state index contributed by atoms with van der Waals surface area (Å²) < 4.78 is 5.35. The number of esters is 1. The number of nitrogen functional groups attached to an aromatic ring is 1. The van der Waals surface area contributed by atoms with Gasteiger partial charge in [-0.2, -0.15) is 10.5 Å². The third-order valence-corrected chi connectivity index (χ3v) is 3.81. The van der Waals surface area contributed by atoms with Gasteiger partial charge in [0.1, 0.15) is 34.8 Å². The second-order valence-electron chi connectivity index (χ2n) is 5.50. The Balaban J connectivity index is 2.08. The monoisotopic (exact) mass is 356 g/mol. The van der Waals surface area contributed by atoms with Crippen LogP contribution in [0.1, 0.15) is 21.5 Å². The molecule has 0 spiro atoms. The number of rotatable bonds is 3. The number of carbonyl (C=O) groups excluding carboxylic acids is 1. The van der Waals surface area contributed by atoms with E-state index in [9.17, 15) is 20.1 Å². The van der Waals surface area contributed by atoms with Crippen LogP contribution >= 0.6 is 0 Å². The minimum absolute atomic E-state index is 0.0299. The van der Waals surface area contributed by atoms with Crippen LogP contribution in [0.15, 0.2) is 59.4 Å². The lowest BCUT2D eigenvalue weighted by molar-refractivity contribution is 0.0735. The van der Waals surface area contributed by atoms with Gasteiger partial charge in [0.25, 0.3) is 5.56 Å². The van der Waals surface area contributed by atoms with Crippen LogP contribution in [0.4, 0.5) is 5.82 Å². The molecule has 0 aliphatic heterocycles. The highest BCUT2D eigenvalue weighted by atomic mass is 16.5. The number of pyridine rings is 1. The molecule has 2 aromatic carbocycles. The number of aromatic amines is 1. The van der Waals surface area contributed by atoms with Crippen LogP contribution in [0.2, 0.25) is 0 Å². The summed E-state index contributed by atoms with van der Waals surface area (Å²) in [6, 6.07) is 18.3. The molecule has 0 unspecified atom stereocenters. The third-order valence-electron chi connectivity index (χ3n) is 3.81. The zero-order chi connectivity index (χ0) is 19.4. The zero-order valence-electron chi connectivity index (χ0n) is 13.9. The van der Waals surface area contributed by atoms with Gasteiger partial charge >= 0.3 is 5.97 Å². The molecule has 7 heteroatoms. The SMILES string of the molecule is N#Cc1c(N)[nH]c(=O)c(C#N)c1-c1cccc(OC(=O)c2ccccc2)c1. The molecular weight excluding hydrogens is 344 g/mol. The Bertz CT molecular complexity index is 1170. The van der Waals surface area contributed by atoms with E-state index in [1.165, 1.54) is 6.07 Å². The number of hydrogen-bond donors (Lipinski definition) is 2. The molecular formula is C20H12N4O3. The number of H-pyrrole nitrogens is 1. The number of benzene rings is 2. The van der Waals surface area contributed by atoms with Gasteiger partial charge in [-0.1, -0.05) is 30.3 Å². The second-order valence-corrected chi connectivity index (χ2v) is 5.50. The summed E-state index contributed by atoms with van der Waals surface area (Å²) in [6.45, 7) is 0. The Kier molecular flexibility index (Phi) is 4.69. The summed E-state index contributed by atoms with van der Waals surface area (Å²) in [5.74, 6) is -0.490. The van der Waals surface area contributed by atoms with E-state index in [2.05, 4.69) is 4.98 Å². The molecule has 1 aromatic heterocycles. The van der Waals surface area contributed by atoms with Gasteiger partial charge in [0.15, 0.2) is 0 Å². The van der Waals surface area contributed by atoms with Crippen LogP contribution in [0, 0.1) is 22.7 Å². The van der Waals surface area contributed by atoms with Gasteiger partial charge in [-0.3, -0.25) is 4.79 Å². The van der Waals surface area contributed by atoms with Crippen molar-refractivity contribution in [3.63, 3.8) is 0 Å². The molecule has 0 radical (unpaired) electrons. The van der Waals surface area contributed by atoms with Crippen molar-refractivity contribution >= 4 is 11.8 Å². The molecule has 1 heterocycles. The van der Waals surface area contributed by atoms with Gasteiger partial charge in [-0.25, -0.2) is 4.79 Å². The quantitative estimate of drug-likeness (QED) is 0.547. The van der Waals surface area contributed by atoms with Crippen molar-refractivity contribution in [2.45, 2.75) is 0 Å². The van der Waals surface area contributed by atoms with Gasteiger partial charge in [-0.15, -0.1) is 0 Å². The molecule has 0 aliphatic carbocycles. The summed E-state index contributed by atoms with van der Waals surface area (Å²) >= 11 is 0. The Morgan fingerprint density at radius 3 is 2.37 bits per heavy atom. The van der Waals surface area contributed by atoms with Gasteiger partial charge in [0.05, 0.1) is 5.56 Å². The second kappa shape index (κ2) is 7.26. The maximum Gasteiger partial charge on any atom is 0.343 e. The van der Waals surface area contributed by atoms with Crippen LogP contribution in [0.25, 0.3) is 11.1 Å². The molecule has 0 amide bonds. The predicted molar refractivity (Wildman–Crippen MR) is 97.7 cm³/mol. The highest BCUT2D eigenvalue weighted by molar-refractivity contribution is 5.91. The summed E-state index contributed by atoms with van der Waals surface area (Å²) in [6.07, 6.45) is 0. The van der Waals surface area contributed by atoms with Crippen molar-refractivity contribution in [2.24, 2.45) is 0 Å². The molecule has 0 saturated carbocycles. The van der Waals surface area contributed by atoms with E-state index in [1.807, 2.05) is 6.07 Å². The average Bonchev–Trinajstić information content (AvgIpc) is 2.68. The lowest BCUT2D eigenvalue weighted by Crippen LogP contribution is -2.16. The van der Waals surface area contributed by atoms with Gasteiger partial charge in [-0.05, 0) is 29.8 Å². The van der Waals surface area contributed by atoms with Crippen LogP contribution in [0.3, 0.4) is 0 Å². The van der Waals surface area contributed by atoms with E-state index >= 15 is 0 Å². The van der Waals surface area contributed by atoms with Crippen LogP contribution in [-0.2, 0) is 0 Å². The van der Waals surface area contributed by atoms with E-state index in [1.54, 1.807) is 54.6 Å². The summed E-state index contributed by atoms with van der Waals surface area (Å²) in [7, 11) is 0. The Morgan fingerprint density at radius 2 is 1.70 bits per heavy atom. The molecule has 130 valence electrons. The number of nitriles is 2. The van der Waals surface area contributed by atoms with E-state index in [-0.39, 0.29) is 28.3 Å². The van der Waals surface area contributed by atoms with Crippen molar-refractivity contribution in [1.82, 2.24) is 4.98 Å². The molecule has 3 aromatic rings. The van der Waals surface area contributed by atoms with Crippen molar-refractivity contribution in [3.05, 3.63) is 81.6 Å². The van der Waals surface area contributed by atoms with Gasteiger partial charge < -0.3 is 15.5 Å². The first-order valence-electron chi connectivity index (χ1n) is 7.78. The lowest BCUT2D eigenvalue weighted by Gasteiger charge is -2.10. The average molecular weight is 356 g/mol. The fourth-order valence-corrected chi connectivity index (χ4v) is 2.59. The first kappa shape index (κ1) is 17.5. The molecule has 0 fully saturated rings. The number of carbonyl (C=O) groups is 1. The molecule has 0 bridgehead atoms. The maximum atomic E-state index is 12.2. The lowest BCUT2D eigenvalue weighted by atomic mass is 9.96. The minimum atomic E-state index is -0.698.